The van der Waals surface area contributed by atoms with Crippen molar-refractivity contribution in [2.24, 2.45) is 7.05 Å². The van der Waals surface area contributed by atoms with Crippen LogP contribution in [0.5, 0.6) is 0 Å². The lowest BCUT2D eigenvalue weighted by Crippen LogP contribution is -1.96. The number of nitrogens with zero attached hydrogens (tertiary/aromatic N) is 3. The fourth-order valence-electron chi connectivity index (χ4n) is 1.41. The number of nitrogen functional groups attached to an aromatic ring is 1. The van der Waals surface area contributed by atoms with Gasteiger partial charge in [-0.25, -0.2) is 0 Å². The zero-order valence-electron chi connectivity index (χ0n) is 8.81. The van der Waals surface area contributed by atoms with Gasteiger partial charge in [0.25, 0.3) is 0 Å². The third-order valence-electron chi connectivity index (χ3n) is 2.11. The van der Waals surface area contributed by atoms with E-state index in [-0.39, 0.29) is 0 Å². The van der Waals surface area contributed by atoms with Crippen LogP contribution in [0.2, 0.25) is 0 Å². The van der Waals surface area contributed by atoms with Crippen LogP contribution < -0.4 is 11.1 Å². The van der Waals surface area contributed by atoms with Crippen LogP contribution in [0.3, 0.4) is 0 Å². The Kier molecular flexibility index (Phi) is 2.48. The normalized spacial score (nSPS) is 9.75. The number of hydrogen-bond acceptors (Lipinski definition) is 4. The van der Waals surface area contributed by atoms with Crippen LogP contribution in [0.25, 0.3) is 0 Å². The van der Waals surface area contributed by atoms with Crippen molar-refractivity contribution in [2.45, 2.75) is 0 Å². The maximum Gasteiger partial charge on any atom is 0.175 e. The highest BCUT2D eigenvalue weighted by molar-refractivity contribution is 5.68. The molecule has 0 aliphatic rings. The first-order chi connectivity index (χ1) is 7.69. The molecule has 3 N–H and O–H groups in total. The van der Waals surface area contributed by atoms with Crippen LogP contribution in [0.15, 0.2) is 30.5 Å². The summed E-state index contributed by atoms with van der Waals surface area (Å²) in [6.45, 7) is 0. The van der Waals surface area contributed by atoms with Gasteiger partial charge >= 0.3 is 0 Å². The molecule has 1 aromatic heterocycles. The van der Waals surface area contributed by atoms with Crippen LogP contribution in [-0.4, -0.2) is 9.78 Å². The highest BCUT2D eigenvalue weighted by Gasteiger charge is 2.04. The van der Waals surface area contributed by atoms with Crippen molar-refractivity contribution in [3.05, 3.63) is 36.0 Å². The predicted octanol–water partition coefficient (Wildman–Crippen LogP) is 1.62. The average molecular weight is 213 g/mol. The Morgan fingerprint density at radius 3 is 2.94 bits per heavy atom. The van der Waals surface area contributed by atoms with Gasteiger partial charge < -0.3 is 11.1 Å². The molecule has 1 heterocycles. The Morgan fingerprint density at radius 1 is 1.50 bits per heavy atom. The minimum atomic E-state index is 0.574. The molecule has 0 bridgehead atoms. The molecular formula is C11H11N5. The van der Waals surface area contributed by atoms with Crippen molar-refractivity contribution >= 4 is 17.2 Å². The standard InChI is InChI=1S/C11H11N5/c1-16-7-10(13)11(15-16)14-9-4-2-3-8(5-9)6-12/h2-5,7H,13H2,1H3,(H,14,15). The Morgan fingerprint density at radius 2 is 2.31 bits per heavy atom. The maximum atomic E-state index is 8.76. The van der Waals surface area contributed by atoms with Gasteiger partial charge in [0, 0.05) is 18.9 Å². The minimum Gasteiger partial charge on any atom is -0.394 e. The van der Waals surface area contributed by atoms with E-state index in [2.05, 4.69) is 16.5 Å². The van der Waals surface area contributed by atoms with Crippen LogP contribution in [0, 0.1) is 11.3 Å². The molecule has 0 aliphatic heterocycles. The van der Waals surface area contributed by atoms with Gasteiger partial charge in [-0.3, -0.25) is 4.68 Å². The van der Waals surface area contributed by atoms with Crippen molar-refractivity contribution in [1.29, 1.82) is 5.26 Å². The lowest BCUT2D eigenvalue weighted by Gasteiger charge is -2.03. The molecule has 0 saturated heterocycles. The van der Waals surface area contributed by atoms with Gasteiger partial charge in [-0.15, -0.1) is 0 Å². The van der Waals surface area contributed by atoms with E-state index >= 15 is 0 Å². The summed E-state index contributed by atoms with van der Waals surface area (Å²) < 4.78 is 1.63. The maximum absolute atomic E-state index is 8.76. The highest BCUT2D eigenvalue weighted by atomic mass is 15.3. The molecule has 5 nitrogen and oxygen atoms in total. The van der Waals surface area contributed by atoms with Crippen molar-refractivity contribution in [1.82, 2.24) is 9.78 Å². The van der Waals surface area contributed by atoms with Crippen LogP contribution in [-0.2, 0) is 7.05 Å². The van der Waals surface area contributed by atoms with Crippen LogP contribution in [0.1, 0.15) is 5.56 Å². The lowest BCUT2D eigenvalue weighted by molar-refractivity contribution is 0.771. The Bertz CT molecular complexity index is 550. The summed E-state index contributed by atoms with van der Waals surface area (Å²) in [4.78, 5) is 0. The predicted molar refractivity (Wildman–Crippen MR) is 62.1 cm³/mol. The molecule has 1 aromatic carbocycles. The molecule has 0 spiro atoms. The Labute approximate surface area is 93.1 Å². The second-order valence-corrected chi connectivity index (χ2v) is 3.42. The number of rotatable bonds is 2. The molecule has 5 heteroatoms. The summed E-state index contributed by atoms with van der Waals surface area (Å²) in [6.07, 6.45) is 1.72. The molecule has 16 heavy (non-hydrogen) atoms. The van der Waals surface area contributed by atoms with Crippen molar-refractivity contribution in [3.8, 4) is 6.07 Å². The third kappa shape index (κ3) is 1.96. The molecular weight excluding hydrogens is 202 g/mol. The van der Waals surface area contributed by atoms with E-state index < -0.39 is 0 Å². The van der Waals surface area contributed by atoms with Gasteiger partial charge in [-0.05, 0) is 18.2 Å². The van der Waals surface area contributed by atoms with Crippen LogP contribution >= 0.6 is 0 Å². The first kappa shape index (κ1) is 10.1. The van der Waals surface area contributed by atoms with Crippen molar-refractivity contribution < 1.29 is 0 Å². The molecule has 0 amide bonds. The fraction of sp³-hybridized carbons (Fsp3) is 0.0909. The highest BCUT2D eigenvalue weighted by Crippen LogP contribution is 2.20. The lowest BCUT2D eigenvalue weighted by atomic mass is 10.2. The third-order valence-corrected chi connectivity index (χ3v) is 2.11. The van der Waals surface area contributed by atoms with Gasteiger partial charge in [0.05, 0.1) is 17.3 Å². The summed E-state index contributed by atoms with van der Waals surface area (Å²) in [5, 5.41) is 16.0. The van der Waals surface area contributed by atoms with Gasteiger partial charge in [0.15, 0.2) is 5.82 Å². The number of anilines is 3. The molecule has 0 fully saturated rings. The molecule has 0 radical (unpaired) electrons. The summed E-state index contributed by atoms with van der Waals surface area (Å²) >= 11 is 0. The van der Waals surface area contributed by atoms with Gasteiger partial charge in [0.1, 0.15) is 0 Å². The van der Waals surface area contributed by atoms with E-state index in [1.807, 2.05) is 6.07 Å². The zero-order chi connectivity index (χ0) is 11.5. The number of aryl methyl sites for hydroxylation is 1. The second-order valence-electron chi connectivity index (χ2n) is 3.42. The van der Waals surface area contributed by atoms with Crippen molar-refractivity contribution in [2.75, 3.05) is 11.1 Å². The summed E-state index contributed by atoms with van der Waals surface area (Å²) in [5.74, 6) is 0.595. The van der Waals surface area contributed by atoms with E-state index in [4.69, 9.17) is 11.0 Å². The number of nitriles is 1. The van der Waals surface area contributed by atoms with Gasteiger partial charge in [-0.2, -0.15) is 10.4 Å². The Hall–Kier alpha value is -2.48. The Balaban J connectivity index is 2.27. The van der Waals surface area contributed by atoms with E-state index in [0.717, 1.165) is 5.69 Å². The quantitative estimate of drug-likeness (QED) is 0.794. The number of nitrogens with two attached hydrogens (primary N) is 1. The average Bonchev–Trinajstić information content (AvgIpc) is 2.58. The number of aromatic nitrogens is 2. The first-order valence-corrected chi connectivity index (χ1v) is 4.75. The summed E-state index contributed by atoms with van der Waals surface area (Å²) in [6, 6.07) is 9.22. The minimum absolute atomic E-state index is 0.574. The smallest absolute Gasteiger partial charge is 0.175 e. The summed E-state index contributed by atoms with van der Waals surface area (Å²) in [5.41, 5.74) is 7.72. The topological polar surface area (TPSA) is 79.7 Å². The molecule has 0 unspecified atom stereocenters. The van der Waals surface area contributed by atoms with Crippen molar-refractivity contribution in [3.63, 3.8) is 0 Å². The largest absolute Gasteiger partial charge is 0.394 e. The zero-order valence-corrected chi connectivity index (χ0v) is 8.81. The molecule has 0 saturated carbocycles. The van der Waals surface area contributed by atoms with Crippen LogP contribution in [0.4, 0.5) is 17.2 Å². The number of benzene rings is 1. The number of hydrogen-bond donors (Lipinski definition) is 2. The molecule has 0 aliphatic carbocycles. The monoisotopic (exact) mass is 213 g/mol. The SMILES string of the molecule is Cn1cc(N)c(Nc2cccc(C#N)c2)n1. The number of nitrogens with one attached hydrogen (secondary N) is 1. The molecule has 2 aromatic rings. The molecule has 2 rings (SSSR count). The first-order valence-electron chi connectivity index (χ1n) is 4.75. The van der Waals surface area contributed by atoms with Gasteiger partial charge in [-0.1, -0.05) is 6.07 Å². The van der Waals surface area contributed by atoms with Gasteiger partial charge in [0.2, 0.25) is 0 Å². The molecule has 0 atom stereocenters. The fourth-order valence-corrected chi connectivity index (χ4v) is 1.41. The van der Waals surface area contributed by atoms with E-state index in [1.54, 1.807) is 36.1 Å². The summed E-state index contributed by atoms with van der Waals surface area (Å²) in [7, 11) is 1.80. The second kappa shape index (κ2) is 3.95. The van der Waals surface area contributed by atoms with E-state index in [9.17, 15) is 0 Å². The van der Waals surface area contributed by atoms with E-state index in [0.29, 0.717) is 17.1 Å². The van der Waals surface area contributed by atoms with E-state index in [1.165, 1.54) is 0 Å². The molecule has 80 valence electrons.